The summed E-state index contributed by atoms with van der Waals surface area (Å²) in [5.74, 6) is -1.45. The van der Waals surface area contributed by atoms with E-state index in [4.69, 9.17) is 23.3 Å². The van der Waals surface area contributed by atoms with Crippen molar-refractivity contribution in [3.05, 3.63) is 24.3 Å². The topological polar surface area (TPSA) is 155 Å². The van der Waals surface area contributed by atoms with E-state index < -0.39 is 57.8 Å². The van der Waals surface area contributed by atoms with Gasteiger partial charge in [0, 0.05) is 19.3 Å². The lowest BCUT2D eigenvalue weighted by Gasteiger charge is -2.21. The van der Waals surface area contributed by atoms with Gasteiger partial charge in [-0.05, 0) is 51.4 Å². The van der Waals surface area contributed by atoms with Gasteiger partial charge in [-0.3, -0.25) is 23.4 Å². The molecule has 2 N–H and O–H groups in total. The average molecular weight is 957 g/mol. The molecule has 0 aliphatic carbocycles. The molecular formula is C54H101O11P. The van der Waals surface area contributed by atoms with E-state index in [-0.39, 0.29) is 25.9 Å². The van der Waals surface area contributed by atoms with Crippen molar-refractivity contribution in [3.63, 3.8) is 0 Å². The standard InChI is InChI=1S/C54H101O11P/c1-4-7-10-13-16-19-22-23-24-25-26-27-30-31-34-37-40-43-52(56)61-47-51(65-54(58)45-42-39-36-33-29-21-18-15-12-9-6-3)49-63-66(59,60)62-48-50(46-55)64-53(57)44-41-38-35-32-28-20-17-14-11-8-5-2/h16,19,23-24,50-51,55H,4-15,17-18,20-22,25-49H2,1-3H3,(H,59,60)/b19-16-,24-23-. The van der Waals surface area contributed by atoms with E-state index >= 15 is 0 Å². The number of carbonyl (C=O) groups is 3. The van der Waals surface area contributed by atoms with Crippen LogP contribution in [-0.2, 0) is 42.2 Å². The third-order valence-electron chi connectivity index (χ3n) is 11.9. The minimum absolute atomic E-state index is 0.172. The number of phosphoric acid groups is 1. The summed E-state index contributed by atoms with van der Waals surface area (Å²) in [7, 11) is -4.73. The Balaban J connectivity index is 4.68. The molecule has 0 spiro atoms. The summed E-state index contributed by atoms with van der Waals surface area (Å²) in [6.07, 6.45) is 47.1. The Labute approximate surface area is 404 Å². The normalized spacial score (nSPS) is 13.6. The van der Waals surface area contributed by atoms with Crippen molar-refractivity contribution >= 4 is 25.7 Å². The second-order valence-electron chi connectivity index (χ2n) is 18.4. The zero-order chi connectivity index (χ0) is 48.4. The number of esters is 3. The predicted octanol–water partition coefficient (Wildman–Crippen LogP) is 15.5. The Bertz CT molecular complexity index is 1210. The van der Waals surface area contributed by atoms with Crippen molar-refractivity contribution in [1.29, 1.82) is 0 Å². The molecule has 388 valence electrons. The molecule has 66 heavy (non-hydrogen) atoms. The first-order chi connectivity index (χ1) is 32.2. The number of aliphatic hydroxyl groups excluding tert-OH is 1. The van der Waals surface area contributed by atoms with Crippen LogP contribution in [0, 0.1) is 0 Å². The van der Waals surface area contributed by atoms with Gasteiger partial charge >= 0.3 is 25.7 Å². The van der Waals surface area contributed by atoms with E-state index in [1.807, 2.05) is 0 Å². The summed E-state index contributed by atoms with van der Waals surface area (Å²) in [5.41, 5.74) is 0. The highest BCUT2D eigenvalue weighted by atomic mass is 31.2. The van der Waals surface area contributed by atoms with Gasteiger partial charge in [0.1, 0.15) is 12.7 Å². The highest BCUT2D eigenvalue weighted by Gasteiger charge is 2.28. The number of ether oxygens (including phenoxy) is 3. The van der Waals surface area contributed by atoms with E-state index in [0.29, 0.717) is 19.3 Å². The van der Waals surface area contributed by atoms with Crippen molar-refractivity contribution in [2.45, 2.75) is 277 Å². The molecule has 0 aromatic carbocycles. The maximum atomic E-state index is 12.8. The van der Waals surface area contributed by atoms with Crippen LogP contribution in [0.1, 0.15) is 265 Å². The summed E-state index contributed by atoms with van der Waals surface area (Å²) < 4.78 is 39.4. The number of rotatable bonds is 51. The van der Waals surface area contributed by atoms with Crippen LogP contribution in [0.4, 0.5) is 0 Å². The Morgan fingerprint density at radius 1 is 0.424 bits per heavy atom. The molecule has 0 heterocycles. The number of unbranched alkanes of at least 4 members (excludes halogenated alkanes) is 30. The van der Waals surface area contributed by atoms with Gasteiger partial charge in [0.15, 0.2) is 6.10 Å². The fourth-order valence-corrected chi connectivity index (χ4v) is 8.47. The van der Waals surface area contributed by atoms with Gasteiger partial charge in [0.25, 0.3) is 0 Å². The summed E-state index contributed by atoms with van der Waals surface area (Å²) in [4.78, 5) is 48.3. The molecular weight excluding hydrogens is 856 g/mol. The minimum atomic E-state index is -4.73. The van der Waals surface area contributed by atoms with Gasteiger partial charge in [-0.15, -0.1) is 0 Å². The number of phosphoric ester groups is 1. The monoisotopic (exact) mass is 957 g/mol. The largest absolute Gasteiger partial charge is 0.472 e. The number of aliphatic hydroxyl groups is 1. The van der Waals surface area contributed by atoms with Gasteiger partial charge in [0.2, 0.25) is 0 Å². The molecule has 0 rings (SSSR count). The quantitative estimate of drug-likeness (QED) is 0.0197. The summed E-state index contributed by atoms with van der Waals surface area (Å²) in [6, 6.07) is 0. The zero-order valence-electron chi connectivity index (χ0n) is 42.7. The summed E-state index contributed by atoms with van der Waals surface area (Å²) in [6.45, 7) is 4.62. The van der Waals surface area contributed by atoms with Crippen LogP contribution in [-0.4, -0.2) is 66.5 Å². The zero-order valence-corrected chi connectivity index (χ0v) is 43.6. The highest BCUT2D eigenvalue weighted by Crippen LogP contribution is 2.43. The molecule has 0 amide bonds. The van der Waals surface area contributed by atoms with Crippen LogP contribution < -0.4 is 0 Å². The Morgan fingerprint density at radius 3 is 1.15 bits per heavy atom. The summed E-state index contributed by atoms with van der Waals surface area (Å²) in [5, 5.41) is 9.76. The van der Waals surface area contributed by atoms with E-state index in [2.05, 4.69) is 45.1 Å². The van der Waals surface area contributed by atoms with Gasteiger partial charge in [-0.2, -0.15) is 0 Å². The fourth-order valence-electron chi connectivity index (χ4n) is 7.68. The summed E-state index contributed by atoms with van der Waals surface area (Å²) >= 11 is 0. The molecule has 11 nitrogen and oxygen atoms in total. The molecule has 3 unspecified atom stereocenters. The lowest BCUT2D eigenvalue weighted by atomic mass is 10.1. The SMILES string of the molecule is CCCCC/C=C\C/C=C\CCCCCCCCCC(=O)OCC(COP(=O)(O)OCC(CO)OC(=O)CCCCCCCCCCCCC)OC(=O)CCCCCCCCCCCCC. The Kier molecular flexibility index (Phi) is 47.9. The van der Waals surface area contributed by atoms with Crippen molar-refractivity contribution < 1.29 is 52.2 Å². The first-order valence-corrected chi connectivity index (χ1v) is 28.7. The van der Waals surface area contributed by atoms with Crippen LogP contribution in [0.5, 0.6) is 0 Å². The van der Waals surface area contributed by atoms with E-state index in [9.17, 15) is 28.9 Å². The molecule has 12 heteroatoms. The second kappa shape index (κ2) is 49.4. The third kappa shape index (κ3) is 47.0. The Hall–Kier alpha value is -2.04. The third-order valence-corrected chi connectivity index (χ3v) is 12.8. The fraction of sp³-hybridized carbons (Fsp3) is 0.870. The number of hydrogen-bond acceptors (Lipinski definition) is 10. The maximum absolute atomic E-state index is 12.8. The van der Waals surface area contributed by atoms with Crippen LogP contribution in [0.2, 0.25) is 0 Å². The highest BCUT2D eigenvalue weighted by molar-refractivity contribution is 7.47. The molecule has 0 aromatic heterocycles. The van der Waals surface area contributed by atoms with E-state index in [1.54, 1.807) is 0 Å². The minimum Gasteiger partial charge on any atom is -0.462 e. The number of hydrogen-bond donors (Lipinski definition) is 2. The lowest BCUT2D eigenvalue weighted by molar-refractivity contribution is -0.161. The van der Waals surface area contributed by atoms with Gasteiger partial charge in [-0.25, -0.2) is 4.57 Å². The molecule has 0 saturated carbocycles. The van der Waals surface area contributed by atoms with Gasteiger partial charge in [-0.1, -0.05) is 218 Å². The van der Waals surface area contributed by atoms with Crippen molar-refractivity contribution in [1.82, 2.24) is 0 Å². The molecule has 3 atom stereocenters. The van der Waals surface area contributed by atoms with Gasteiger partial charge in [0.05, 0.1) is 19.8 Å². The predicted molar refractivity (Wildman–Crippen MR) is 270 cm³/mol. The lowest BCUT2D eigenvalue weighted by Crippen LogP contribution is -2.30. The van der Waals surface area contributed by atoms with Crippen molar-refractivity contribution in [2.24, 2.45) is 0 Å². The molecule has 0 bridgehead atoms. The van der Waals surface area contributed by atoms with E-state index in [0.717, 1.165) is 70.6 Å². The average Bonchev–Trinajstić information content (AvgIpc) is 3.30. The molecule has 0 radical (unpaired) electrons. The Morgan fingerprint density at radius 2 is 0.742 bits per heavy atom. The molecule has 0 aliphatic rings. The second-order valence-corrected chi connectivity index (χ2v) is 19.9. The maximum Gasteiger partial charge on any atom is 0.472 e. The smallest absolute Gasteiger partial charge is 0.462 e. The first kappa shape index (κ1) is 64.0. The number of allylic oxidation sites excluding steroid dienone is 4. The van der Waals surface area contributed by atoms with Crippen LogP contribution in [0.25, 0.3) is 0 Å². The van der Waals surface area contributed by atoms with Crippen LogP contribution >= 0.6 is 7.82 Å². The van der Waals surface area contributed by atoms with Crippen LogP contribution in [0.15, 0.2) is 24.3 Å². The van der Waals surface area contributed by atoms with Crippen molar-refractivity contribution in [3.8, 4) is 0 Å². The molecule has 0 aromatic rings. The van der Waals surface area contributed by atoms with Crippen LogP contribution in [0.3, 0.4) is 0 Å². The molecule has 0 saturated heterocycles. The van der Waals surface area contributed by atoms with Crippen molar-refractivity contribution in [2.75, 3.05) is 26.4 Å². The molecule has 0 aliphatic heterocycles. The van der Waals surface area contributed by atoms with E-state index in [1.165, 1.54) is 135 Å². The molecule has 0 fully saturated rings. The van der Waals surface area contributed by atoms with Gasteiger partial charge < -0.3 is 24.2 Å². The number of carbonyl (C=O) groups excluding carboxylic acids is 3. The first-order valence-electron chi connectivity index (χ1n) is 27.2.